The van der Waals surface area contributed by atoms with Gasteiger partial charge in [0.1, 0.15) is 0 Å². The van der Waals surface area contributed by atoms with E-state index in [4.69, 9.17) is 18.6 Å². The van der Waals surface area contributed by atoms with Crippen LogP contribution in [0.15, 0.2) is 73.3 Å². The molecule has 4 atom stereocenters. The summed E-state index contributed by atoms with van der Waals surface area (Å²) in [6.07, 6.45) is 3.77. The Labute approximate surface area is 223 Å². The summed E-state index contributed by atoms with van der Waals surface area (Å²) in [6, 6.07) is 21.3. The van der Waals surface area contributed by atoms with Crippen LogP contribution in [-0.4, -0.2) is 57.3 Å². The third-order valence-corrected chi connectivity index (χ3v) is 13.0. The Kier molecular flexibility index (Phi) is 9.10. The number of hydrogen-bond donors (Lipinski definition) is 1. The zero-order valence-corrected chi connectivity index (χ0v) is 23.9. The lowest BCUT2D eigenvalue weighted by molar-refractivity contribution is -0.203. The zero-order chi connectivity index (χ0) is 26.5. The standard InChI is InChI=1S/C31H44O5Si/c1-6-7-18-31(33-19-20-34-31)24(2)21-29-28(32)22-25(36-29)23-35-37(30(3,4)5,26-14-10-8-11-15-26)27-16-12-9-13-17-27/h6,8-17,24-25,28-29,32H,1,7,18-23H2,2-5H3/t24-,25+,28-,29-/m1/s1. The molecule has 0 amide bonds. The summed E-state index contributed by atoms with van der Waals surface area (Å²) in [7, 11) is -2.65. The molecule has 2 fully saturated rings. The maximum atomic E-state index is 11.0. The van der Waals surface area contributed by atoms with Gasteiger partial charge < -0.3 is 23.7 Å². The Balaban J connectivity index is 1.50. The number of rotatable bonds is 11. The monoisotopic (exact) mass is 524 g/mol. The normalized spacial score (nSPS) is 24.7. The van der Waals surface area contributed by atoms with Crippen LogP contribution in [0.3, 0.4) is 0 Å². The molecule has 4 rings (SSSR count). The predicted molar refractivity (Wildman–Crippen MR) is 151 cm³/mol. The molecule has 0 aromatic heterocycles. The maximum absolute atomic E-state index is 11.0. The molecule has 0 unspecified atom stereocenters. The van der Waals surface area contributed by atoms with Crippen molar-refractivity contribution in [1.29, 1.82) is 0 Å². The minimum Gasteiger partial charge on any atom is -0.405 e. The maximum Gasteiger partial charge on any atom is 0.261 e. The molecule has 0 saturated carbocycles. The first-order valence-corrected chi connectivity index (χ1v) is 15.6. The van der Waals surface area contributed by atoms with E-state index in [9.17, 15) is 5.11 Å². The topological polar surface area (TPSA) is 57.2 Å². The minimum absolute atomic E-state index is 0.0888. The highest BCUT2D eigenvalue weighted by Gasteiger charge is 2.51. The van der Waals surface area contributed by atoms with Crippen LogP contribution in [0.4, 0.5) is 0 Å². The van der Waals surface area contributed by atoms with Crippen LogP contribution in [0.2, 0.25) is 5.04 Å². The second kappa shape index (κ2) is 11.9. The minimum atomic E-state index is -2.65. The first-order valence-electron chi connectivity index (χ1n) is 13.7. The van der Waals surface area contributed by atoms with Gasteiger partial charge >= 0.3 is 0 Å². The zero-order valence-electron chi connectivity index (χ0n) is 22.9. The molecule has 1 N–H and O–H groups in total. The first kappa shape index (κ1) is 28.2. The first-order chi connectivity index (χ1) is 17.7. The van der Waals surface area contributed by atoms with E-state index in [0.29, 0.717) is 32.7 Å². The van der Waals surface area contributed by atoms with E-state index in [2.05, 4.69) is 94.9 Å². The largest absolute Gasteiger partial charge is 0.405 e. The molecule has 0 aliphatic carbocycles. The highest BCUT2D eigenvalue weighted by Crippen LogP contribution is 2.40. The van der Waals surface area contributed by atoms with E-state index in [-0.39, 0.29) is 23.2 Å². The lowest BCUT2D eigenvalue weighted by Gasteiger charge is -2.43. The van der Waals surface area contributed by atoms with Crippen molar-refractivity contribution in [2.45, 2.75) is 82.5 Å². The Morgan fingerprint density at radius 1 is 1.05 bits per heavy atom. The summed E-state index contributed by atoms with van der Waals surface area (Å²) in [6.45, 7) is 14.5. The summed E-state index contributed by atoms with van der Waals surface area (Å²) in [5.74, 6) is -0.535. The van der Waals surface area contributed by atoms with Crippen LogP contribution < -0.4 is 10.4 Å². The number of ether oxygens (including phenoxy) is 3. The molecule has 37 heavy (non-hydrogen) atoms. The van der Waals surface area contributed by atoms with E-state index >= 15 is 0 Å². The quantitative estimate of drug-likeness (QED) is 0.338. The second-order valence-electron chi connectivity index (χ2n) is 11.5. The van der Waals surface area contributed by atoms with Gasteiger partial charge in [-0.05, 0) is 28.3 Å². The van der Waals surface area contributed by atoms with Crippen LogP contribution in [0.1, 0.15) is 53.4 Å². The molecular formula is C31H44O5Si. The molecule has 2 heterocycles. The Hall–Kier alpha value is -1.80. The van der Waals surface area contributed by atoms with Crippen LogP contribution in [0.5, 0.6) is 0 Å². The Morgan fingerprint density at radius 2 is 1.62 bits per heavy atom. The smallest absolute Gasteiger partial charge is 0.261 e. The van der Waals surface area contributed by atoms with Gasteiger partial charge in [0.05, 0.1) is 38.1 Å². The van der Waals surface area contributed by atoms with Gasteiger partial charge in [0, 0.05) is 18.8 Å². The van der Waals surface area contributed by atoms with Crippen LogP contribution in [-0.2, 0) is 18.6 Å². The van der Waals surface area contributed by atoms with Crippen molar-refractivity contribution in [1.82, 2.24) is 0 Å². The third-order valence-electron chi connectivity index (χ3n) is 8.01. The molecule has 5 nitrogen and oxygen atoms in total. The highest BCUT2D eigenvalue weighted by molar-refractivity contribution is 6.99. The third kappa shape index (κ3) is 5.95. The van der Waals surface area contributed by atoms with Gasteiger partial charge in [-0.15, -0.1) is 6.58 Å². The molecule has 2 aromatic rings. The van der Waals surface area contributed by atoms with E-state index in [1.165, 1.54) is 10.4 Å². The second-order valence-corrected chi connectivity index (χ2v) is 15.9. The van der Waals surface area contributed by atoms with Gasteiger partial charge in [0.2, 0.25) is 0 Å². The fourth-order valence-corrected chi connectivity index (χ4v) is 10.7. The van der Waals surface area contributed by atoms with E-state index < -0.39 is 20.2 Å². The molecule has 6 heteroatoms. The van der Waals surface area contributed by atoms with Gasteiger partial charge in [-0.3, -0.25) is 0 Å². The lowest BCUT2D eigenvalue weighted by atomic mass is 9.89. The Morgan fingerprint density at radius 3 is 2.14 bits per heavy atom. The van der Waals surface area contributed by atoms with Gasteiger partial charge in [-0.2, -0.15) is 0 Å². The fourth-order valence-electron chi connectivity index (χ4n) is 6.09. The molecule has 2 aliphatic heterocycles. The van der Waals surface area contributed by atoms with E-state index in [0.717, 1.165) is 12.8 Å². The SMILES string of the molecule is C=CCCC1([C@H](C)C[C@H]2O[C@H](CO[Si](c3ccccc3)(c3ccccc3)C(C)(C)C)C[C@H]2O)OCCO1. The molecular weight excluding hydrogens is 480 g/mol. The summed E-state index contributed by atoms with van der Waals surface area (Å²) in [4.78, 5) is 0. The number of aliphatic hydroxyl groups excluding tert-OH is 1. The number of hydrogen-bond acceptors (Lipinski definition) is 5. The fraction of sp³-hybridized carbons (Fsp3) is 0.548. The average molecular weight is 525 g/mol. The van der Waals surface area contributed by atoms with Crippen molar-refractivity contribution in [2.75, 3.05) is 19.8 Å². The van der Waals surface area contributed by atoms with Crippen molar-refractivity contribution in [3.8, 4) is 0 Å². The van der Waals surface area contributed by atoms with Crippen molar-refractivity contribution in [3.05, 3.63) is 73.3 Å². The van der Waals surface area contributed by atoms with Gasteiger partial charge in [-0.25, -0.2) is 0 Å². The lowest BCUT2D eigenvalue weighted by Crippen LogP contribution is -2.67. The number of aliphatic hydroxyl groups is 1. The van der Waals surface area contributed by atoms with Crippen molar-refractivity contribution < 1.29 is 23.7 Å². The molecule has 2 aromatic carbocycles. The van der Waals surface area contributed by atoms with Gasteiger partial charge in [0.25, 0.3) is 8.32 Å². The van der Waals surface area contributed by atoms with Gasteiger partial charge in [-0.1, -0.05) is 94.4 Å². The summed E-state index contributed by atoms with van der Waals surface area (Å²) < 4.78 is 25.7. The van der Waals surface area contributed by atoms with Gasteiger partial charge in [0.15, 0.2) is 5.79 Å². The van der Waals surface area contributed by atoms with E-state index in [1.54, 1.807) is 0 Å². The molecule has 0 spiro atoms. The molecule has 2 saturated heterocycles. The van der Waals surface area contributed by atoms with E-state index in [1.807, 2.05) is 6.08 Å². The highest BCUT2D eigenvalue weighted by atomic mass is 28.4. The molecule has 202 valence electrons. The average Bonchev–Trinajstić information content (AvgIpc) is 3.51. The van der Waals surface area contributed by atoms with Crippen LogP contribution in [0.25, 0.3) is 0 Å². The summed E-state index contributed by atoms with van der Waals surface area (Å²) in [5.41, 5.74) is 0. The number of allylic oxidation sites excluding steroid dienone is 1. The van der Waals surface area contributed by atoms with Crippen molar-refractivity contribution in [2.24, 2.45) is 5.92 Å². The molecule has 2 aliphatic rings. The van der Waals surface area contributed by atoms with Crippen LogP contribution >= 0.6 is 0 Å². The molecule has 0 radical (unpaired) electrons. The summed E-state index contributed by atoms with van der Waals surface area (Å²) >= 11 is 0. The number of benzene rings is 2. The van der Waals surface area contributed by atoms with Crippen molar-refractivity contribution in [3.63, 3.8) is 0 Å². The van der Waals surface area contributed by atoms with Crippen molar-refractivity contribution >= 4 is 18.7 Å². The predicted octanol–water partition coefficient (Wildman–Crippen LogP) is 4.82. The summed E-state index contributed by atoms with van der Waals surface area (Å²) in [5, 5.41) is 13.4. The van der Waals surface area contributed by atoms with Crippen LogP contribution in [0, 0.1) is 5.92 Å². The molecule has 0 bridgehead atoms. The Bertz CT molecular complexity index is 944.